The number of hydrogen-bond donors (Lipinski definition) is 1. The molecule has 0 saturated carbocycles. The van der Waals surface area contributed by atoms with Gasteiger partial charge in [0, 0.05) is 45.2 Å². The third-order valence-corrected chi connectivity index (χ3v) is 9.54. The van der Waals surface area contributed by atoms with Gasteiger partial charge in [0.1, 0.15) is 0 Å². The van der Waals surface area contributed by atoms with Crippen molar-refractivity contribution in [3.63, 3.8) is 0 Å². The van der Waals surface area contributed by atoms with E-state index in [1.807, 2.05) is 18.3 Å². The first-order valence-corrected chi connectivity index (χ1v) is 15.8. The maximum atomic E-state index is 11.0. The second kappa shape index (κ2) is 12.3. The summed E-state index contributed by atoms with van der Waals surface area (Å²) in [7, 11) is 0. The molecular formula is C35H33N5O2S2. The fourth-order valence-electron chi connectivity index (χ4n) is 6.15. The Hall–Kier alpha value is -4.47. The van der Waals surface area contributed by atoms with Gasteiger partial charge in [0.25, 0.3) is 5.69 Å². The number of hydrogen-bond acceptors (Lipinski definition) is 5. The van der Waals surface area contributed by atoms with Crippen LogP contribution in [-0.2, 0) is 6.42 Å². The van der Waals surface area contributed by atoms with Crippen molar-refractivity contribution in [3.8, 4) is 5.69 Å². The van der Waals surface area contributed by atoms with Gasteiger partial charge in [-0.1, -0.05) is 43.0 Å². The van der Waals surface area contributed by atoms with E-state index in [0.29, 0.717) is 5.11 Å². The number of rotatable bonds is 8. The number of thiocarbonyl (C=S) groups is 1. The van der Waals surface area contributed by atoms with Gasteiger partial charge in [-0.15, -0.1) is 0 Å². The van der Waals surface area contributed by atoms with Gasteiger partial charge in [-0.2, -0.15) is 0 Å². The van der Waals surface area contributed by atoms with Crippen LogP contribution in [0.15, 0.2) is 107 Å². The van der Waals surface area contributed by atoms with Crippen LogP contribution in [0.25, 0.3) is 5.69 Å². The van der Waals surface area contributed by atoms with E-state index in [9.17, 15) is 10.1 Å². The van der Waals surface area contributed by atoms with E-state index in [0.717, 1.165) is 27.6 Å². The molecule has 1 aliphatic heterocycles. The number of anilines is 1. The van der Waals surface area contributed by atoms with Crippen molar-refractivity contribution in [2.24, 2.45) is 0 Å². The van der Waals surface area contributed by atoms with Gasteiger partial charge >= 0.3 is 0 Å². The monoisotopic (exact) mass is 619 g/mol. The fourth-order valence-corrected chi connectivity index (χ4v) is 7.31. The molecule has 0 spiro atoms. The van der Waals surface area contributed by atoms with Crippen molar-refractivity contribution >= 4 is 40.5 Å². The number of aromatic nitrogens is 2. The van der Waals surface area contributed by atoms with Crippen LogP contribution in [0.2, 0.25) is 0 Å². The minimum atomic E-state index is -0.383. The van der Waals surface area contributed by atoms with Crippen molar-refractivity contribution in [1.29, 1.82) is 0 Å². The minimum absolute atomic E-state index is 0.0842. The summed E-state index contributed by atoms with van der Waals surface area (Å²) in [5, 5.41) is 15.3. The molecule has 1 aliphatic rings. The van der Waals surface area contributed by atoms with Gasteiger partial charge in [-0.3, -0.25) is 15.1 Å². The van der Waals surface area contributed by atoms with E-state index in [1.165, 1.54) is 45.9 Å². The summed E-state index contributed by atoms with van der Waals surface area (Å²) in [5.41, 5.74) is 9.36. The molecule has 44 heavy (non-hydrogen) atoms. The number of benzene rings is 3. The van der Waals surface area contributed by atoms with Gasteiger partial charge in [-0.25, -0.2) is 0 Å². The van der Waals surface area contributed by atoms with Crippen LogP contribution < -0.4 is 10.2 Å². The molecule has 3 aromatic carbocycles. The second-order valence-electron chi connectivity index (χ2n) is 10.9. The molecule has 5 aromatic rings. The summed E-state index contributed by atoms with van der Waals surface area (Å²) in [5.74, 6) is 0. The summed E-state index contributed by atoms with van der Waals surface area (Å²) < 4.78 is 2.39. The van der Waals surface area contributed by atoms with Crippen LogP contribution in [0, 0.1) is 30.9 Å². The maximum absolute atomic E-state index is 11.0. The van der Waals surface area contributed by atoms with Gasteiger partial charge in [-0.05, 0) is 111 Å². The molecule has 6 rings (SSSR count). The van der Waals surface area contributed by atoms with E-state index in [-0.39, 0.29) is 22.7 Å². The molecule has 9 heteroatoms. The Morgan fingerprint density at radius 2 is 1.66 bits per heavy atom. The van der Waals surface area contributed by atoms with Crippen molar-refractivity contribution in [2.45, 2.75) is 56.0 Å². The zero-order valence-electron chi connectivity index (χ0n) is 25.0. The Kier molecular flexibility index (Phi) is 8.25. The maximum Gasteiger partial charge on any atom is 0.269 e. The number of pyridine rings is 1. The second-order valence-corrected chi connectivity index (χ2v) is 12.5. The Morgan fingerprint density at radius 3 is 2.30 bits per heavy atom. The third kappa shape index (κ3) is 5.49. The molecule has 3 heterocycles. The first kappa shape index (κ1) is 29.6. The SMILES string of the molecule is CCc1cccc(C)c1-n1c(C)cc([C@H]2[C@H](c3ccccn3)NC(=S)N2c2ccc(Sc3ccc([N+](=O)[O-])cc3)cc2)c1C. The standard InChI is InChI=1S/C35H33N5O2S2/c1-5-25-10-8-9-22(2)33(25)38-23(3)21-30(24(38)4)34-32(31-11-6-7-20-36-31)37-35(43)39(34)26-12-16-28(17-13-26)44-29-18-14-27(15-19-29)40(41)42/h6-21,32,34H,5H2,1-4H3,(H,37,43)/t32-,34-/m0/s1. The summed E-state index contributed by atoms with van der Waals surface area (Å²) >= 11 is 7.57. The average molecular weight is 620 g/mol. The molecule has 1 fully saturated rings. The molecule has 0 radical (unpaired) electrons. The molecule has 1 N–H and O–H groups in total. The van der Waals surface area contributed by atoms with Crippen molar-refractivity contribution in [2.75, 3.05) is 4.90 Å². The van der Waals surface area contributed by atoms with Gasteiger partial charge < -0.3 is 14.8 Å². The van der Waals surface area contributed by atoms with Crippen LogP contribution in [0.4, 0.5) is 11.4 Å². The van der Waals surface area contributed by atoms with E-state index >= 15 is 0 Å². The highest BCUT2D eigenvalue weighted by atomic mass is 32.2. The van der Waals surface area contributed by atoms with Gasteiger partial charge in [0.05, 0.1) is 28.4 Å². The van der Waals surface area contributed by atoms with E-state index < -0.39 is 0 Å². The lowest BCUT2D eigenvalue weighted by molar-refractivity contribution is -0.384. The number of para-hydroxylation sites is 1. The number of nitro groups is 1. The molecule has 7 nitrogen and oxygen atoms in total. The van der Waals surface area contributed by atoms with Crippen molar-refractivity contribution < 1.29 is 4.92 Å². The number of aryl methyl sites for hydroxylation is 3. The van der Waals surface area contributed by atoms with Crippen LogP contribution >= 0.6 is 24.0 Å². The Morgan fingerprint density at radius 1 is 0.955 bits per heavy atom. The highest BCUT2D eigenvalue weighted by molar-refractivity contribution is 7.99. The minimum Gasteiger partial charge on any atom is -0.351 e. The van der Waals surface area contributed by atoms with Crippen molar-refractivity contribution in [3.05, 3.63) is 141 Å². The molecule has 0 amide bonds. The number of non-ortho nitro benzene ring substituents is 1. The van der Waals surface area contributed by atoms with Gasteiger partial charge in [0.15, 0.2) is 5.11 Å². The van der Waals surface area contributed by atoms with Crippen LogP contribution in [0.3, 0.4) is 0 Å². The molecule has 2 aromatic heterocycles. The molecule has 0 unspecified atom stereocenters. The predicted octanol–water partition coefficient (Wildman–Crippen LogP) is 8.60. The van der Waals surface area contributed by atoms with Crippen LogP contribution in [0.1, 0.15) is 52.8 Å². The Labute approximate surface area is 267 Å². The Balaban J connectivity index is 1.40. The van der Waals surface area contributed by atoms with E-state index in [2.05, 4.69) is 97.1 Å². The lowest BCUT2D eigenvalue weighted by Crippen LogP contribution is -2.29. The number of nitrogens with zero attached hydrogens (tertiary/aromatic N) is 4. The van der Waals surface area contributed by atoms with Crippen LogP contribution in [0.5, 0.6) is 0 Å². The fraction of sp³-hybridized carbons (Fsp3) is 0.200. The van der Waals surface area contributed by atoms with Crippen molar-refractivity contribution in [1.82, 2.24) is 14.9 Å². The summed E-state index contributed by atoms with van der Waals surface area (Å²) in [6.07, 6.45) is 2.78. The summed E-state index contributed by atoms with van der Waals surface area (Å²) in [6.45, 7) is 8.76. The summed E-state index contributed by atoms with van der Waals surface area (Å²) in [6, 6.07) is 29.5. The van der Waals surface area contributed by atoms with Gasteiger partial charge in [0.2, 0.25) is 0 Å². The topological polar surface area (TPSA) is 76.2 Å². The molecule has 222 valence electrons. The highest BCUT2D eigenvalue weighted by Crippen LogP contribution is 2.44. The van der Waals surface area contributed by atoms with E-state index in [4.69, 9.17) is 17.2 Å². The highest BCUT2D eigenvalue weighted by Gasteiger charge is 2.42. The first-order chi connectivity index (χ1) is 21.3. The summed E-state index contributed by atoms with van der Waals surface area (Å²) in [4.78, 5) is 19.6. The average Bonchev–Trinajstić information content (AvgIpc) is 3.52. The molecule has 1 saturated heterocycles. The Bertz CT molecular complexity index is 1840. The lowest BCUT2D eigenvalue weighted by atomic mass is 9.96. The number of nitrogens with one attached hydrogen (secondary N) is 1. The molecular weight excluding hydrogens is 587 g/mol. The normalized spacial score (nSPS) is 16.3. The lowest BCUT2D eigenvalue weighted by Gasteiger charge is -2.28. The quantitative estimate of drug-likeness (QED) is 0.106. The third-order valence-electron chi connectivity index (χ3n) is 8.21. The van der Waals surface area contributed by atoms with E-state index in [1.54, 1.807) is 23.9 Å². The largest absolute Gasteiger partial charge is 0.351 e. The zero-order valence-corrected chi connectivity index (χ0v) is 26.7. The molecule has 0 aliphatic carbocycles. The molecule has 2 atom stereocenters. The van der Waals surface area contributed by atoms with Crippen LogP contribution in [-0.4, -0.2) is 19.6 Å². The zero-order chi connectivity index (χ0) is 31.0. The first-order valence-electron chi connectivity index (χ1n) is 14.6. The smallest absolute Gasteiger partial charge is 0.269 e. The molecule has 0 bridgehead atoms. The predicted molar refractivity (Wildman–Crippen MR) is 181 cm³/mol. The number of nitro benzene ring substituents is 1.